The second kappa shape index (κ2) is 17.1. The number of thiazole rings is 1. The largest absolute Gasteiger partial charge is 0.490 e. The summed E-state index contributed by atoms with van der Waals surface area (Å²) in [5, 5.41) is 20.0. The van der Waals surface area contributed by atoms with Crippen LogP contribution in [0.3, 0.4) is 0 Å². The van der Waals surface area contributed by atoms with Crippen LogP contribution in [0.5, 0.6) is 5.75 Å². The van der Waals surface area contributed by atoms with Crippen LogP contribution >= 0.6 is 24.2 Å². The molecule has 15 heteroatoms. The fourth-order valence-electron chi connectivity index (χ4n) is 2.65. The number of aliphatic hydroxyl groups excluding tert-OH is 1. The molecule has 1 aliphatic rings. The molecule has 0 saturated carbocycles. The highest BCUT2D eigenvalue weighted by Crippen LogP contribution is 2.13. The Morgan fingerprint density at radius 2 is 2.03 bits per heavy atom. The van der Waals surface area contributed by atoms with E-state index in [2.05, 4.69) is 38.7 Å². The molecular formula is C21H31N7O6S2. The lowest BCUT2D eigenvalue weighted by atomic mass is 10.0. The van der Waals surface area contributed by atoms with Crippen LogP contribution in [-0.2, 0) is 14.4 Å². The van der Waals surface area contributed by atoms with Gasteiger partial charge >= 0.3 is 0 Å². The van der Waals surface area contributed by atoms with E-state index in [9.17, 15) is 9.59 Å². The first-order valence-electron chi connectivity index (χ1n) is 10.6. The molecule has 0 aliphatic carbocycles. The van der Waals surface area contributed by atoms with Crippen molar-refractivity contribution in [1.29, 1.82) is 0 Å². The molecule has 8 N–H and O–H groups in total. The van der Waals surface area contributed by atoms with Crippen LogP contribution in [0.25, 0.3) is 0 Å². The summed E-state index contributed by atoms with van der Waals surface area (Å²) in [6.45, 7) is 4.55. The fourth-order valence-corrected chi connectivity index (χ4v) is 3.25. The molecule has 1 aromatic carbocycles. The molecule has 0 bridgehead atoms. The number of carbonyl (C=O) groups is 2. The Morgan fingerprint density at radius 1 is 1.33 bits per heavy atom. The van der Waals surface area contributed by atoms with E-state index in [0.717, 1.165) is 5.56 Å². The molecule has 1 fully saturated rings. The van der Waals surface area contributed by atoms with Crippen molar-refractivity contribution in [2.24, 2.45) is 15.9 Å². The number of ether oxygens (including phenoxy) is 1. The minimum Gasteiger partial charge on any atom is -0.490 e. The second-order valence-electron chi connectivity index (χ2n) is 7.00. The average Bonchev–Trinajstić information content (AvgIpc) is 3.34. The SMILES string of the molecule is C/C(=N\OCCOc1ccc(C(N)=NCCO)cc1)c1csc(N)n1.C[C@@H]1NC(=O)[C@H]1NC=O.OS. The molecule has 0 unspecified atom stereocenters. The zero-order chi connectivity index (χ0) is 26.9. The van der Waals surface area contributed by atoms with Crippen LogP contribution in [0.4, 0.5) is 5.13 Å². The Kier molecular flexibility index (Phi) is 14.5. The summed E-state index contributed by atoms with van der Waals surface area (Å²) in [5.41, 5.74) is 13.5. The lowest BCUT2D eigenvalue weighted by Crippen LogP contribution is -2.66. The number of aliphatic hydroxyl groups is 1. The molecule has 2 aromatic rings. The van der Waals surface area contributed by atoms with E-state index in [4.69, 9.17) is 30.7 Å². The van der Waals surface area contributed by atoms with E-state index in [1.807, 2.05) is 12.3 Å². The maximum atomic E-state index is 10.5. The predicted molar refractivity (Wildman–Crippen MR) is 142 cm³/mol. The molecule has 1 aromatic heterocycles. The molecule has 1 aliphatic heterocycles. The van der Waals surface area contributed by atoms with Gasteiger partial charge in [0, 0.05) is 10.9 Å². The van der Waals surface area contributed by atoms with E-state index in [-0.39, 0.29) is 31.1 Å². The molecule has 2 atom stereocenters. The number of benzene rings is 1. The van der Waals surface area contributed by atoms with Crippen LogP contribution in [0.1, 0.15) is 25.1 Å². The van der Waals surface area contributed by atoms with Gasteiger partial charge in [-0.1, -0.05) is 5.16 Å². The van der Waals surface area contributed by atoms with Crippen LogP contribution in [0.15, 0.2) is 39.8 Å². The summed E-state index contributed by atoms with van der Waals surface area (Å²) in [5.74, 6) is 0.973. The van der Waals surface area contributed by atoms with E-state index < -0.39 is 0 Å². The van der Waals surface area contributed by atoms with Crippen molar-refractivity contribution in [2.75, 3.05) is 32.1 Å². The standard InChI is InChI=1S/C16H21N5O3S.C5H8N2O2.H2OS/c1-11(14-10-25-16(18)20-14)21-24-9-8-23-13-4-2-12(3-5-13)15(17)19-6-7-22;1-3-4(6-2-8)5(9)7-3;1-2/h2-5,10,22H,6-9H2,1H3,(H2,17,19)(H2,18,20);2-4H,1H3,(H,6,8)(H,7,9);1-2H/b21-11+;;/t;3-,4-;/m.0./s1. The summed E-state index contributed by atoms with van der Waals surface area (Å²) >= 11 is 3.88. The molecular weight excluding hydrogens is 510 g/mol. The van der Waals surface area contributed by atoms with Gasteiger partial charge < -0.3 is 41.3 Å². The number of carbonyl (C=O) groups excluding carboxylic acids is 2. The zero-order valence-electron chi connectivity index (χ0n) is 19.8. The topological polar surface area (TPSA) is 207 Å². The summed E-state index contributed by atoms with van der Waals surface area (Å²) in [7, 11) is 0. The third-order valence-electron chi connectivity index (χ3n) is 4.47. The monoisotopic (exact) mass is 541 g/mol. The molecule has 2 heterocycles. The Bertz CT molecular complexity index is 1000. The van der Waals surface area contributed by atoms with Crippen molar-refractivity contribution in [1.82, 2.24) is 15.6 Å². The Balaban J connectivity index is 0.000000491. The molecule has 198 valence electrons. The number of amides is 2. The molecule has 13 nitrogen and oxygen atoms in total. The molecule has 0 radical (unpaired) electrons. The van der Waals surface area contributed by atoms with Gasteiger partial charge in [-0.15, -0.1) is 11.3 Å². The summed E-state index contributed by atoms with van der Waals surface area (Å²) < 4.78 is 12.3. The molecule has 0 spiro atoms. The van der Waals surface area contributed by atoms with Crippen molar-refractivity contribution in [3.8, 4) is 5.75 Å². The number of β-lactam (4-membered cyclic amide) rings is 1. The van der Waals surface area contributed by atoms with Crippen LogP contribution < -0.4 is 26.8 Å². The van der Waals surface area contributed by atoms with E-state index in [1.165, 1.54) is 11.3 Å². The van der Waals surface area contributed by atoms with Gasteiger partial charge in [-0.25, -0.2) is 4.98 Å². The van der Waals surface area contributed by atoms with Gasteiger partial charge in [0.1, 0.15) is 35.6 Å². The predicted octanol–water partition coefficient (Wildman–Crippen LogP) is 0.251. The van der Waals surface area contributed by atoms with Gasteiger partial charge in [-0.2, -0.15) is 0 Å². The Morgan fingerprint density at radius 3 is 2.53 bits per heavy atom. The van der Waals surface area contributed by atoms with E-state index in [1.54, 1.807) is 31.2 Å². The smallest absolute Gasteiger partial charge is 0.244 e. The lowest BCUT2D eigenvalue weighted by Gasteiger charge is -2.33. The van der Waals surface area contributed by atoms with Gasteiger partial charge in [0.15, 0.2) is 11.7 Å². The zero-order valence-corrected chi connectivity index (χ0v) is 21.5. The van der Waals surface area contributed by atoms with Crippen molar-refractivity contribution in [3.05, 3.63) is 40.9 Å². The number of thiol groups is 1. The van der Waals surface area contributed by atoms with Crippen molar-refractivity contribution in [3.63, 3.8) is 0 Å². The minimum atomic E-state index is -0.303. The normalized spacial score (nSPS) is 16.8. The molecule has 2 amide bonds. The second-order valence-corrected chi connectivity index (χ2v) is 7.89. The van der Waals surface area contributed by atoms with Crippen molar-refractivity contribution >= 4 is 53.2 Å². The number of hydrogen-bond acceptors (Lipinski definition) is 12. The third kappa shape index (κ3) is 10.5. The summed E-state index contributed by atoms with van der Waals surface area (Å²) in [6.07, 6.45) is 0.542. The van der Waals surface area contributed by atoms with Gasteiger partial charge in [0.25, 0.3) is 0 Å². The first-order chi connectivity index (χ1) is 17.3. The van der Waals surface area contributed by atoms with Crippen molar-refractivity contribution < 1.29 is 28.8 Å². The number of hydrogen-bond donors (Lipinski definition) is 7. The third-order valence-corrected chi connectivity index (χ3v) is 5.14. The van der Waals surface area contributed by atoms with E-state index >= 15 is 0 Å². The number of nitrogens with zero attached hydrogens (tertiary/aromatic N) is 3. The number of nitrogen functional groups attached to an aromatic ring is 1. The summed E-state index contributed by atoms with van der Waals surface area (Å²) in [6, 6.07) is 6.99. The number of aromatic nitrogens is 1. The Labute approximate surface area is 218 Å². The molecule has 3 rings (SSSR count). The maximum absolute atomic E-state index is 10.5. The fraction of sp³-hybridized carbons (Fsp3) is 0.381. The number of aliphatic imine (C=N–C) groups is 1. The first kappa shape index (κ1) is 30.6. The average molecular weight is 542 g/mol. The molecule has 36 heavy (non-hydrogen) atoms. The highest BCUT2D eigenvalue weighted by Gasteiger charge is 2.34. The van der Waals surface area contributed by atoms with Crippen LogP contribution in [0.2, 0.25) is 0 Å². The van der Waals surface area contributed by atoms with Crippen LogP contribution in [0, 0.1) is 0 Å². The number of nitrogens with one attached hydrogen (secondary N) is 2. The van der Waals surface area contributed by atoms with Gasteiger partial charge in [0.05, 0.1) is 19.2 Å². The van der Waals surface area contributed by atoms with E-state index in [0.29, 0.717) is 47.7 Å². The number of oxime groups is 1. The van der Waals surface area contributed by atoms with Crippen molar-refractivity contribution in [2.45, 2.75) is 25.9 Å². The Hall–Kier alpha value is -3.40. The number of anilines is 1. The van der Waals surface area contributed by atoms with Crippen LogP contribution in [-0.4, -0.2) is 77.0 Å². The van der Waals surface area contributed by atoms with Gasteiger partial charge in [-0.05, 0) is 51.0 Å². The quantitative estimate of drug-likeness (QED) is 0.0304. The first-order valence-corrected chi connectivity index (χ1v) is 11.9. The lowest BCUT2D eigenvalue weighted by molar-refractivity contribution is -0.133. The summed E-state index contributed by atoms with van der Waals surface area (Å²) in [4.78, 5) is 33.7. The van der Waals surface area contributed by atoms with Gasteiger partial charge in [-0.3, -0.25) is 14.6 Å². The minimum absolute atomic E-state index is 0.0281. The highest BCUT2D eigenvalue weighted by molar-refractivity contribution is 7.74. The number of rotatable bonds is 11. The molecule has 1 saturated heterocycles. The maximum Gasteiger partial charge on any atom is 0.244 e. The number of nitrogens with two attached hydrogens (primary N) is 2. The number of amidine groups is 1. The van der Waals surface area contributed by atoms with Gasteiger partial charge in [0.2, 0.25) is 12.3 Å². The highest BCUT2D eigenvalue weighted by atomic mass is 32.1.